The minimum absolute atomic E-state index is 0.118. The van der Waals surface area contributed by atoms with Gasteiger partial charge in [0.25, 0.3) is 0 Å². The molecule has 3 atom stereocenters. The van der Waals surface area contributed by atoms with Crippen LogP contribution in [0.1, 0.15) is 18.4 Å². The molecule has 1 amide bonds. The van der Waals surface area contributed by atoms with Crippen molar-refractivity contribution in [2.24, 2.45) is 17.8 Å². The first kappa shape index (κ1) is 13.0. The Bertz CT molecular complexity index is 553. The maximum absolute atomic E-state index is 12.1. The molecule has 1 aromatic rings. The standard InChI is InChI=1S/C16H19NO3/c18-14-4-2-10(9-15(14)19)5-6-17-16(20)13-8-11-1-3-12(13)7-11/h1-4,9,11-13,18-19H,5-8H2,(H,17,20). The van der Waals surface area contributed by atoms with Crippen molar-refractivity contribution in [2.75, 3.05) is 6.54 Å². The van der Waals surface area contributed by atoms with Crippen molar-refractivity contribution < 1.29 is 15.0 Å². The lowest BCUT2D eigenvalue weighted by Crippen LogP contribution is -2.34. The van der Waals surface area contributed by atoms with E-state index >= 15 is 0 Å². The summed E-state index contributed by atoms with van der Waals surface area (Å²) >= 11 is 0. The summed E-state index contributed by atoms with van der Waals surface area (Å²) in [6.45, 7) is 0.556. The first-order valence-electron chi connectivity index (χ1n) is 7.10. The summed E-state index contributed by atoms with van der Waals surface area (Å²) in [6.07, 6.45) is 7.16. The van der Waals surface area contributed by atoms with E-state index in [1.165, 1.54) is 12.1 Å². The Morgan fingerprint density at radius 2 is 2.05 bits per heavy atom. The molecule has 0 spiro atoms. The molecule has 2 bridgehead atoms. The van der Waals surface area contributed by atoms with Crippen molar-refractivity contribution in [3.63, 3.8) is 0 Å². The molecule has 20 heavy (non-hydrogen) atoms. The number of allylic oxidation sites excluding steroid dienone is 2. The van der Waals surface area contributed by atoms with Gasteiger partial charge in [-0.15, -0.1) is 0 Å². The number of carbonyl (C=O) groups is 1. The molecule has 1 fully saturated rings. The summed E-state index contributed by atoms with van der Waals surface area (Å²) in [5.41, 5.74) is 0.897. The van der Waals surface area contributed by atoms with Crippen LogP contribution in [0.3, 0.4) is 0 Å². The second-order valence-corrected chi connectivity index (χ2v) is 5.75. The number of phenols is 2. The Labute approximate surface area is 118 Å². The largest absolute Gasteiger partial charge is 0.504 e. The van der Waals surface area contributed by atoms with Gasteiger partial charge in [0, 0.05) is 12.5 Å². The molecule has 3 rings (SSSR count). The number of nitrogens with one attached hydrogen (secondary N) is 1. The van der Waals surface area contributed by atoms with Crippen LogP contribution in [-0.2, 0) is 11.2 Å². The predicted octanol–water partition coefficient (Wildman–Crippen LogP) is 1.97. The van der Waals surface area contributed by atoms with Crippen LogP contribution in [0.15, 0.2) is 30.4 Å². The minimum atomic E-state index is -0.119. The fraction of sp³-hybridized carbons (Fsp3) is 0.438. The molecule has 3 unspecified atom stereocenters. The Morgan fingerprint density at radius 3 is 2.70 bits per heavy atom. The highest BCUT2D eigenvalue weighted by atomic mass is 16.3. The normalized spacial score (nSPS) is 26.9. The first-order valence-corrected chi connectivity index (χ1v) is 7.10. The van der Waals surface area contributed by atoms with Crippen LogP contribution in [0.4, 0.5) is 0 Å². The second kappa shape index (κ2) is 5.19. The van der Waals surface area contributed by atoms with Gasteiger partial charge in [-0.2, -0.15) is 0 Å². The zero-order valence-corrected chi connectivity index (χ0v) is 11.2. The van der Waals surface area contributed by atoms with E-state index in [9.17, 15) is 15.0 Å². The number of carbonyl (C=O) groups excluding carboxylic acids is 1. The van der Waals surface area contributed by atoms with E-state index in [1.54, 1.807) is 6.07 Å². The number of amides is 1. The van der Waals surface area contributed by atoms with Gasteiger partial charge >= 0.3 is 0 Å². The van der Waals surface area contributed by atoms with Gasteiger partial charge in [0.2, 0.25) is 5.91 Å². The zero-order valence-electron chi connectivity index (χ0n) is 11.2. The molecule has 0 aromatic heterocycles. The van der Waals surface area contributed by atoms with E-state index in [0.29, 0.717) is 24.8 Å². The third-order valence-corrected chi connectivity index (χ3v) is 4.37. The van der Waals surface area contributed by atoms with Crippen molar-refractivity contribution in [3.8, 4) is 11.5 Å². The fourth-order valence-corrected chi connectivity index (χ4v) is 3.27. The Morgan fingerprint density at radius 1 is 1.20 bits per heavy atom. The highest BCUT2D eigenvalue weighted by Gasteiger charge is 2.39. The van der Waals surface area contributed by atoms with Crippen LogP contribution in [0.5, 0.6) is 11.5 Å². The molecule has 0 saturated heterocycles. The van der Waals surface area contributed by atoms with Crippen LogP contribution < -0.4 is 5.32 Å². The molecule has 2 aliphatic rings. The van der Waals surface area contributed by atoms with Gasteiger partial charge in [-0.25, -0.2) is 0 Å². The summed E-state index contributed by atoms with van der Waals surface area (Å²) in [7, 11) is 0. The summed E-state index contributed by atoms with van der Waals surface area (Å²) in [4.78, 5) is 12.1. The molecule has 4 nitrogen and oxygen atoms in total. The third kappa shape index (κ3) is 2.50. The molecule has 2 aliphatic carbocycles. The van der Waals surface area contributed by atoms with Gasteiger partial charge in [0.05, 0.1) is 0 Å². The lowest BCUT2D eigenvalue weighted by atomic mass is 9.93. The van der Waals surface area contributed by atoms with Crippen molar-refractivity contribution in [1.29, 1.82) is 0 Å². The first-order chi connectivity index (χ1) is 9.63. The highest BCUT2D eigenvalue weighted by molar-refractivity contribution is 5.80. The molecule has 1 aromatic carbocycles. The maximum Gasteiger partial charge on any atom is 0.223 e. The number of rotatable bonds is 4. The summed E-state index contributed by atoms with van der Waals surface area (Å²) in [5.74, 6) is 1.07. The molecule has 0 aliphatic heterocycles. The van der Waals surface area contributed by atoms with E-state index in [1.807, 2.05) is 0 Å². The van der Waals surface area contributed by atoms with Gasteiger partial charge in [0.15, 0.2) is 11.5 Å². The molecule has 3 N–H and O–H groups in total. The lowest BCUT2D eigenvalue weighted by Gasteiger charge is -2.17. The average molecular weight is 273 g/mol. The molecule has 0 heterocycles. The van der Waals surface area contributed by atoms with Gasteiger partial charge in [0.1, 0.15) is 0 Å². The van der Waals surface area contributed by atoms with Crippen LogP contribution in [-0.4, -0.2) is 22.7 Å². The van der Waals surface area contributed by atoms with E-state index in [0.717, 1.165) is 18.4 Å². The molecule has 106 valence electrons. The maximum atomic E-state index is 12.1. The van der Waals surface area contributed by atoms with E-state index in [-0.39, 0.29) is 23.3 Å². The van der Waals surface area contributed by atoms with Gasteiger partial charge < -0.3 is 15.5 Å². The molecule has 4 heteroatoms. The van der Waals surface area contributed by atoms with Crippen molar-refractivity contribution in [1.82, 2.24) is 5.32 Å². The second-order valence-electron chi connectivity index (χ2n) is 5.75. The van der Waals surface area contributed by atoms with Crippen LogP contribution in [0, 0.1) is 17.8 Å². The zero-order chi connectivity index (χ0) is 14.1. The molecular weight excluding hydrogens is 254 g/mol. The van der Waals surface area contributed by atoms with Crippen molar-refractivity contribution in [2.45, 2.75) is 19.3 Å². The van der Waals surface area contributed by atoms with Gasteiger partial charge in [-0.3, -0.25) is 4.79 Å². The quantitative estimate of drug-likeness (QED) is 0.580. The number of phenolic OH excluding ortho intramolecular Hbond substituents is 2. The summed E-state index contributed by atoms with van der Waals surface area (Å²) in [6, 6.07) is 4.75. The smallest absolute Gasteiger partial charge is 0.223 e. The van der Waals surface area contributed by atoms with Crippen molar-refractivity contribution in [3.05, 3.63) is 35.9 Å². The monoisotopic (exact) mass is 273 g/mol. The number of hydrogen-bond acceptors (Lipinski definition) is 3. The predicted molar refractivity (Wildman–Crippen MR) is 75.3 cm³/mol. The van der Waals surface area contributed by atoms with E-state index in [4.69, 9.17) is 0 Å². The lowest BCUT2D eigenvalue weighted by molar-refractivity contribution is -0.125. The number of hydrogen-bond donors (Lipinski definition) is 3. The van der Waals surface area contributed by atoms with Crippen LogP contribution >= 0.6 is 0 Å². The van der Waals surface area contributed by atoms with E-state index < -0.39 is 0 Å². The number of fused-ring (bicyclic) bond motifs is 2. The topological polar surface area (TPSA) is 69.6 Å². The fourth-order valence-electron chi connectivity index (χ4n) is 3.27. The Kier molecular flexibility index (Phi) is 3.38. The van der Waals surface area contributed by atoms with Gasteiger partial charge in [-0.1, -0.05) is 18.2 Å². The molecule has 1 saturated carbocycles. The van der Waals surface area contributed by atoms with Gasteiger partial charge in [-0.05, 0) is 48.8 Å². The Balaban J connectivity index is 1.49. The number of benzene rings is 1. The van der Waals surface area contributed by atoms with Crippen molar-refractivity contribution >= 4 is 5.91 Å². The summed E-state index contributed by atoms with van der Waals surface area (Å²) < 4.78 is 0. The number of aromatic hydroxyl groups is 2. The molecular formula is C16H19NO3. The summed E-state index contributed by atoms with van der Waals surface area (Å²) in [5, 5.41) is 21.6. The third-order valence-electron chi connectivity index (χ3n) is 4.37. The minimum Gasteiger partial charge on any atom is -0.504 e. The Hall–Kier alpha value is -1.97. The SMILES string of the molecule is O=C(NCCc1ccc(O)c(O)c1)C1CC2C=CC1C2. The highest BCUT2D eigenvalue weighted by Crippen LogP contribution is 2.43. The van der Waals surface area contributed by atoms with Crippen LogP contribution in [0.2, 0.25) is 0 Å². The average Bonchev–Trinajstić information content (AvgIpc) is 3.05. The van der Waals surface area contributed by atoms with Crippen LogP contribution in [0.25, 0.3) is 0 Å². The molecule has 0 radical (unpaired) electrons. The van der Waals surface area contributed by atoms with E-state index in [2.05, 4.69) is 17.5 Å².